The Balaban J connectivity index is 1.41. The van der Waals surface area contributed by atoms with E-state index in [-0.39, 0.29) is 42.7 Å². The van der Waals surface area contributed by atoms with Crippen LogP contribution < -0.4 is 15.4 Å². The van der Waals surface area contributed by atoms with Crippen molar-refractivity contribution in [2.75, 3.05) is 6.54 Å². The average Bonchev–Trinajstić information content (AvgIpc) is 3.34. The van der Waals surface area contributed by atoms with Gasteiger partial charge in [-0.15, -0.1) is 0 Å². The van der Waals surface area contributed by atoms with Gasteiger partial charge in [0.25, 0.3) is 5.91 Å². The largest absolute Gasteiger partial charge is 0.444 e. The van der Waals surface area contributed by atoms with Gasteiger partial charge in [-0.1, -0.05) is 83.9 Å². The number of hydrogen-bond donors (Lipinski definition) is 4. The minimum Gasteiger partial charge on any atom is -0.444 e. The Hall–Kier alpha value is -2.79. The minimum atomic E-state index is -1.04. The predicted molar refractivity (Wildman–Crippen MR) is 175 cm³/mol. The van der Waals surface area contributed by atoms with Crippen LogP contribution in [0, 0.1) is 11.8 Å². The Kier molecular flexibility index (Phi) is 10.7. The number of thiol groups is 1. The second kappa shape index (κ2) is 14.3. The number of nitrogens with zero attached hydrogens (tertiary/aromatic N) is 2. The van der Waals surface area contributed by atoms with Crippen LogP contribution in [0.15, 0.2) is 18.2 Å². The van der Waals surface area contributed by atoms with Gasteiger partial charge in [-0.05, 0) is 61.1 Å². The zero-order valence-electron chi connectivity index (χ0n) is 27.3. The molecule has 10 nitrogen and oxygen atoms in total. The Morgan fingerprint density at radius 1 is 1.13 bits per heavy atom. The number of fused-ring (bicyclic) bond motifs is 3. The van der Waals surface area contributed by atoms with E-state index in [1.165, 1.54) is 11.1 Å². The summed E-state index contributed by atoms with van der Waals surface area (Å²) in [6, 6.07) is 5.10. The molecule has 4 aliphatic rings. The van der Waals surface area contributed by atoms with E-state index in [2.05, 4.69) is 67.1 Å². The fraction of sp³-hybridized carbons (Fsp3) is 0.706. The standard InChI is InChI=1S/C34H51N5O5S/c1-5-21(3)29-31(41)39-19-26(16-28(39)30(40)36-34(32(42)37-45)17-25(34)6-2)44-33(43)38-18-24-15-11-14-23(27(24)20-38)13-10-8-7-9-12-22(4)35-29/h11,14-15,21-22,25-26,28-29,35,45H,5-10,12-13,16-20H2,1-4H3,(H,36,40)(H,37,42)/t21-,22?,25+,26+,28-,29-,34+/m0/s1. The number of ether oxygens (including phenoxy) is 1. The van der Waals surface area contributed by atoms with Crippen molar-refractivity contribution in [3.63, 3.8) is 0 Å². The van der Waals surface area contributed by atoms with Crippen molar-refractivity contribution in [1.82, 2.24) is 25.2 Å². The fourth-order valence-electron chi connectivity index (χ4n) is 7.56. The van der Waals surface area contributed by atoms with Gasteiger partial charge in [0, 0.05) is 25.6 Å². The second-order valence-corrected chi connectivity index (χ2v) is 14.0. The number of hydrogen-bond acceptors (Lipinski definition) is 7. The first kappa shape index (κ1) is 33.6. The molecule has 4 bridgehead atoms. The summed E-state index contributed by atoms with van der Waals surface area (Å²) in [5, 5.41) is 6.59. The molecule has 1 aromatic carbocycles. The third kappa shape index (κ3) is 7.14. The third-order valence-electron chi connectivity index (χ3n) is 10.7. The molecule has 5 rings (SSSR count). The highest BCUT2D eigenvalue weighted by Gasteiger charge is 2.61. The van der Waals surface area contributed by atoms with E-state index in [4.69, 9.17) is 4.74 Å². The number of benzene rings is 1. The summed E-state index contributed by atoms with van der Waals surface area (Å²) in [4.78, 5) is 57.9. The topological polar surface area (TPSA) is 120 Å². The van der Waals surface area contributed by atoms with Gasteiger partial charge in [-0.3, -0.25) is 19.3 Å². The van der Waals surface area contributed by atoms with Gasteiger partial charge < -0.3 is 25.0 Å². The monoisotopic (exact) mass is 641 g/mol. The zero-order valence-corrected chi connectivity index (χ0v) is 28.2. The van der Waals surface area contributed by atoms with E-state index in [9.17, 15) is 19.2 Å². The van der Waals surface area contributed by atoms with E-state index in [1.807, 2.05) is 6.92 Å². The molecule has 1 saturated heterocycles. The maximum Gasteiger partial charge on any atom is 0.410 e. The summed E-state index contributed by atoms with van der Waals surface area (Å²) in [5.74, 6) is -0.881. The molecule has 3 heterocycles. The van der Waals surface area contributed by atoms with Gasteiger partial charge >= 0.3 is 6.09 Å². The van der Waals surface area contributed by atoms with Crippen LogP contribution in [-0.2, 0) is 38.6 Å². The molecule has 1 aliphatic carbocycles. The highest BCUT2D eigenvalue weighted by molar-refractivity contribution is 7.78. The molecular weight excluding hydrogens is 590 g/mol. The summed E-state index contributed by atoms with van der Waals surface area (Å²) in [7, 11) is 0. The number of rotatable bonds is 6. The minimum absolute atomic E-state index is 0.00307. The third-order valence-corrected chi connectivity index (χ3v) is 10.9. The Morgan fingerprint density at radius 2 is 1.89 bits per heavy atom. The Bertz CT molecular complexity index is 1280. The lowest BCUT2D eigenvalue weighted by Gasteiger charge is -2.33. The van der Waals surface area contributed by atoms with Crippen molar-refractivity contribution in [3.05, 3.63) is 34.9 Å². The van der Waals surface area contributed by atoms with E-state index in [0.717, 1.165) is 56.9 Å². The number of amides is 4. The SMILES string of the molecule is CC[C@@H]1C[C@]1(NC(=O)[C@@H]1C[C@@H]2CN1C(=O)[C@H]([C@@H](C)CC)NC(C)CCCCCCc1cccc3c1CN(C3)C(=O)O2)C(=O)NS. The van der Waals surface area contributed by atoms with Gasteiger partial charge in [0.2, 0.25) is 11.8 Å². The van der Waals surface area contributed by atoms with Crippen molar-refractivity contribution in [2.24, 2.45) is 11.8 Å². The smallest absolute Gasteiger partial charge is 0.410 e. The average molecular weight is 642 g/mol. The first-order chi connectivity index (χ1) is 21.6. The van der Waals surface area contributed by atoms with Gasteiger partial charge in [-0.25, -0.2) is 4.79 Å². The van der Waals surface area contributed by atoms with Crippen LogP contribution in [0.25, 0.3) is 0 Å². The van der Waals surface area contributed by atoms with Gasteiger partial charge in [0.05, 0.1) is 12.6 Å². The summed E-state index contributed by atoms with van der Waals surface area (Å²) < 4.78 is 8.45. The molecule has 1 saturated carbocycles. The molecule has 248 valence electrons. The van der Waals surface area contributed by atoms with Crippen LogP contribution in [0.1, 0.15) is 102 Å². The molecule has 0 aromatic heterocycles. The van der Waals surface area contributed by atoms with Crippen molar-refractivity contribution in [2.45, 2.75) is 135 Å². The summed E-state index contributed by atoms with van der Waals surface area (Å²) >= 11 is 3.97. The van der Waals surface area contributed by atoms with Crippen LogP contribution in [0.5, 0.6) is 0 Å². The first-order valence-corrected chi connectivity index (χ1v) is 17.4. The van der Waals surface area contributed by atoms with Crippen LogP contribution in [-0.4, -0.2) is 69.9 Å². The molecule has 11 heteroatoms. The molecular formula is C34H51N5O5S. The zero-order chi connectivity index (χ0) is 32.3. The van der Waals surface area contributed by atoms with E-state index in [0.29, 0.717) is 19.5 Å². The highest BCUT2D eigenvalue weighted by Crippen LogP contribution is 2.46. The van der Waals surface area contributed by atoms with Crippen LogP contribution >= 0.6 is 12.8 Å². The van der Waals surface area contributed by atoms with E-state index in [1.54, 1.807) is 9.80 Å². The van der Waals surface area contributed by atoms with Crippen molar-refractivity contribution >= 4 is 36.6 Å². The molecule has 2 fully saturated rings. The maximum absolute atomic E-state index is 14.3. The summed E-state index contributed by atoms with van der Waals surface area (Å²) in [6.45, 7) is 9.34. The lowest BCUT2D eigenvalue weighted by molar-refractivity contribution is -0.142. The van der Waals surface area contributed by atoms with Crippen molar-refractivity contribution < 1.29 is 23.9 Å². The van der Waals surface area contributed by atoms with E-state index >= 15 is 0 Å². The highest BCUT2D eigenvalue weighted by atomic mass is 32.1. The quantitative estimate of drug-likeness (QED) is 0.345. The number of carbonyl (C=O) groups is 4. The first-order valence-electron chi connectivity index (χ1n) is 17.0. The summed E-state index contributed by atoms with van der Waals surface area (Å²) in [6.07, 6.45) is 7.52. The predicted octanol–water partition coefficient (Wildman–Crippen LogP) is 4.25. The normalized spacial score (nSPS) is 31.4. The summed E-state index contributed by atoms with van der Waals surface area (Å²) in [5.41, 5.74) is 2.62. The van der Waals surface area contributed by atoms with Crippen LogP contribution in [0.2, 0.25) is 0 Å². The fourth-order valence-corrected chi connectivity index (χ4v) is 7.76. The van der Waals surface area contributed by atoms with Gasteiger partial charge in [0.15, 0.2) is 0 Å². The maximum atomic E-state index is 14.3. The van der Waals surface area contributed by atoms with Crippen LogP contribution in [0.3, 0.4) is 0 Å². The number of carbonyl (C=O) groups excluding carboxylic acids is 4. The molecule has 45 heavy (non-hydrogen) atoms. The lowest BCUT2D eigenvalue weighted by atomic mass is 9.95. The number of aryl methyl sites for hydroxylation is 1. The molecule has 3 aliphatic heterocycles. The second-order valence-electron chi connectivity index (χ2n) is 13.8. The van der Waals surface area contributed by atoms with Gasteiger partial charge in [-0.2, -0.15) is 0 Å². The molecule has 0 spiro atoms. The lowest BCUT2D eigenvalue weighted by Crippen LogP contribution is -2.58. The molecule has 7 atom stereocenters. The Labute approximate surface area is 273 Å². The molecule has 1 unspecified atom stereocenters. The Morgan fingerprint density at radius 3 is 2.60 bits per heavy atom. The molecule has 3 N–H and O–H groups in total. The van der Waals surface area contributed by atoms with Gasteiger partial charge in [0.1, 0.15) is 17.7 Å². The molecule has 1 aromatic rings. The molecule has 4 amide bonds. The van der Waals surface area contributed by atoms with Crippen molar-refractivity contribution in [3.8, 4) is 0 Å². The number of nitrogens with one attached hydrogen (secondary N) is 3. The van der Waals surface area contributed by atoms with Crippen LogP contribution in [0.4, 0.5) is 4.79 Å². The molecule has 0 radical (unpaired) electrons. The van der Waals surface area contributed by atoms with E-state index < -0.39 is 35.7 Å². The van der Waals surface area contributed by atoms with Crippen molar-refractivity contribution in [1.29, 1.82) is 0 Å².